The molecule has 78 valence electrons. The van der Waals surface area contributed by atoms with Gasteiger partial charge in [0.05, 0.1) is 0 Å². The van der Waals surface area contributed by atoms with Gasteiger partial charge in [-0.1, -0.05) is 6.92 Å². The Balaban J connectivity index is -0.000000720. The van der Waals surface area contributed by atoms with Crippen LogP contribution in [0.1, 0.15) is 20.3 Å². The summed E-state index contributed by atoms with van der Waals surface area (Å²) in [7, 11) is 0. The number of carbonyl (C=O) groups is 2. The molecule has 0 spiro atoms. The molecular formula is C7H12Na2O4S2. The molecule has 0 rings (SSSR count). The Morgan fingerprint density at radius 2 is 1.47 bits per heavy atom. The van der Waals surface area contributed by atoms with Crippen LogP contribution < -0.4 is 0 Å². The third kappa shape index (κ3) is 7.33. The fourth-order valence-corrected chi connectivity index (χ4v) is 1.06. The molecule has 0 amide bonds. The second kappa shape index (κ2) is 11.9. The maximum absolute atomic E-state index is 11.0. The molecule has 8 heteroatoms. The van der Waals surface area contributed by atoms with Crippen LogP contribution in [0.2, 0.25) is 0 Å². The molecule has 0 atom stereocenters. The van der Waals surface area contributed by atoms with Gasteiger partial charge in [-0.2, -0.15) is 0 Å². The van der Waals surface area contributed by atoms with Crippen LogP contribution in [-0.2, 0) is 18.0 Å². The average molecular weight is 270 g/mol. The zero-order chi connectivity index (χ0) is 10.4. The van der Waals surface area contributed by atoms with Crippen LogP contribution in [0.4, 0.5) is 0 Å². The molecule has 0 fully saturated rings. The first kappa shape index (κ1) is 21.6. The van der Waals surface area contributed by atoms with Crippen LogP contribution in [0.3, 0.4) is 0 Å². The van der Waals surface area contributed by atoms with Gasteiger partial charge in [0.25, 0.3) is 0 Å². The van der Waals surface area contributed by atoms with Crippen LogP contribution in [0, 0.1) is 0 Å². The van der Waals surface area contributed by atoms with Gasteiger partial charge in [-0.15, -0.1) is 0 Å². The summed E-state index contributed by atoms with van der Waals surface area (Å²) in [6.07, 6.45) is 0.369. The van der Waals surface area contributed by atoms with Crippen LogP contribution in [-0.4, -0.2) is 71.1 Å². The third-order valence-electron chi connectivity index (χ3n) is 1.52. The summed E-state index contributed by atoms with van der Waals surface area (Å²) in [5, 5.41) is 0. The standard InChI is InChI=1S/C7H10O4S2.2Na.2H/c1-3-5(7(9)11-13)4(2)6(8)10-12;;;;/h12-13H,3H2,1-2H3;;;;/b5-4-;;;;. The Kier molecular flexibility index (Phi) is 17.1. The summed E-state index contributed by atoms with van der Waals surface area (Å²) in [6, 6.07) is 0. The monoisotopic (exact) mass is 270 g/mol. The fraction of sp³-hybridized carbons (Fsp3) is 0.429. The van der Waals surface area contributed by atoms with E-state index in [1.165, 1.54) is 6.92 Å². The van der Waals surface area contributed by atoms with E-state index >= 15 is 0 Å². The molecule has 0 aromatic heterocycles. The molecule has 4 nitrogen and oxygen atoms in total. The summed E-state index contributed by atoms with van der Waals surface area (Å²) in [5.41, 5.74) is 0.408. The van der Waals surface area contributed by atoms with E-state index in [9.17, 15) is 9.59 Å². The molecule has 0 saturated heterocycles. The zero-order valence-corrected chi connectivity index (χ0v) is 9.02. The van der Waals surface area contributed by atoms with Gasteiger partial charge in [-0.05, 0) is 13.3 Å². The molecule has 0 radical (unpaired) electrons. The maximum atomic E-state index is 11.0. The Bertz CT molecular complexity index is 255. The summed E-state index contributed by atoms with van der Waals surface area (Å²) in [4.78, 5) is 22.0. The predicted octanol–water partition coefficient (Wildman–Crippen LogP) is 0.192. The number of carbonyl (C=O) groups excluding carboxylic acids is 2. The van der Waals surface area contributed by atoms with Crippen molar-refractivity contribution >= 4 is 96.9 Å². The molecule has 15 heavy (non-hydrogen) atoms. The number of thiol groups is 2. The molecule has 0 bridgehead atoms. The Morgan fingerprint density at radius 3 is 1.73 bits per heavy atom. The van der Waals surface area contributed by atoms with Crippen molar-refractivity contribution in [1.82, 2.24) is 0 Å². The first-order valence-electron chi connectivity index (χ1n) is 3.49. The van der Waals surface area contributed by atoms with Crippen molar-refractivity contribution < 1.29 is 18.0 Å². The Labute approximate surface area is 144 Å². The minimum absolute atomic E-state index is 0. The number of hydrogen-bond donors (Lipinski definition) is 2. The van der Waals surface area contributed by atoms with E-state index in [0.717, 1.165) is 0 Å². The first-order valence-corrected chi connectivity index (χ1v) is 4.22. The summed E-state index contributed by atoms with van der Waals surface area (Å²) >= 11 is 6.68. The Morgan fingerprint density at radius 1 is 1.07 bits per heavy atom. The van der Waals surface area contributed by atoms with Gasteiger partial charge in [0.15, 0.2) is 0 Å². The first-order chi connectivity index (χ1) is 6.08. The van der Waals surface area contributed by atoms with Gasteiger partial charge < -0.3 is 8.37 Å². The van der Waals surface area contributed by atoms with E-state index in [1.807, 2.05) is 0 Å². The van der Waals surface area contributed by atoms with Gasteiger partial charge in [-0.3, -0.25) is 0 Å². The molecule has 0 unspecified atom stereocenters. The molecule has 0 aliphatic rings. The van der Waals surface area contributed by atoms with Gasteiger partial charge in [-0.25, -0.2) is 9.59 Å². The second-order valence-corrected chi connectivity index (χ2v) is 2.58. The number of rotatable bonds is 3. The molecule has 0 saturated carbocycles. The summed E-state index contributed by atoms with van der Waals surface area (Å²) in [6.45, 7) is 3.18. The third-order valence-corrected chi connectivity index (χ3v) is 1.86. The van der Waals surface area contributed by atoms with Crippen molar-refractivity contribution in [2.45, 2.75) is 20.3 Å². The zero-order valence-electron chi connectivity index (χ0n) is 7.23. The quantitative estimate of drug-likeness (QED) is 0.333. The van der Waals surface area contributed by atoms with E-state index in [1.54, 1.807) is 6.92 Å². The minimum atomic E-state index is -0.668. The van der Waals surface area contributed by atoms with Gasteiger partial charge in [0, 0.05) is 37.0 Å². The molecular weight excluding hydrogens is 258 g/mol. The topological polar surface area (TPSA) is 52.6 Å². The van der Waals surface area contributed by atoms with E-state index in [0.29, 0.717) is 6.42 Å². The Hall–Kier alpha value is 1.38. The van der Waals surface area contributed by atoms with Crippen LogP contribution in [0.5, 0.6) is 0 Å². The van der Waals surface area contributed by atoms with Crippen molar-refractivity contribution in [1.29, 1.82) is 0 Å². The SMILES string of the molecule is CC/C(C(=O)OS)=C(\C)C(=O)OS.[NaH].[NaH]. The normalized spacial score (nSPS) is 10.1. The van der Waals surface area contributed by atoms with Crippen molar-refractivity contribution in [3.8, 4) is 0 Å². The van der Waals surface area contributed by atoms with Crippen molar-refractivity contribution in [3.63, 3.8) is 0 Å². The molecule has 0 heterocycles. The molecule has 0 aliphatic heterocycles. The second-order valence-electron chi connectivity index (χ2n) is 2.21. The van der Waals surface area contributed by atoms with Gasteiger partial charge in [0.2, 0.25) is 0 Å². The van der Waals surface area contributed by atoms with Crippen LogP contribution in [0.25, 0.3) is 0 Å². The van der Waals surface area contributed by atoms with Gasteiger partial charge >= 0.3 is 71.1 Å². The van der Waals surface area contributed by atoms with Gasteiger partial charge in [0.1, 0.15) is 0 Å². The van der Waals surface area contributed by atoms with E-state index in [-0.39, 0.29) is 70.3 Å². The van der Waals surface area contributed by atoms with E-state index < -0.39 is 11.9 Å². The summed E-state index contributed by atoms with van der Waals surface area (Å²) in [5.74, 6) is -1.32. The average Bonchev–Trinajstić information content (AvgIpc) is 2.17. The van der Waals surface area contributed by atoms with Crippen molar-refractivity contribution in [2.24, 2.45) is 0 Å². The van der Waals surface area contributed by atoms with E-state index in [4.69, 9.17) is 0 Å². The van der Waals surface area contributed by atoms with Crippen LogP contribution >= 0.6 is 25.8 Å². The van der Waals surface area contributed by atoms with Crippen molar-refractivity contribution in [2.75, 3.05) is 0 Å². The molecule has 0 aliphatic carbocycles. The fourth-order valence-electron chi connectivity index (χ4n) is 0.809. The summed E-state index contributed by atoms with van der Waals surface area (Å²) < 4.78 is 8.34. The molecule has 0 aromatic carbocycles. The molecule has 0 aromatic rings. The van der Waals surface area contributed by atoms with Crippen molar-refractivity contribution in [3.05, 3.63) is 11.1 Å². The number of hydrogen-bond acceptors (Lipinski definition) is 6. The predicted molar refractivity (Wildman–Crippen MR) is 67.4 cm³/mol. The van der Waals surface area contributed by atoms with E-state index in [2.05, 4.69) is 34.2 Å². The molecule has 0 N–H and O–H groups in total. The van der Waals surface area contributed by atoms with Crippen LogP contribution in [0.15, 0.2) is 11.1 Å².